The molecule has 1 aliphatic heterocycles. The molecule has 0 atom stereocenters. The fraction of sp³-hybridized carbons (Fsp3) is 0.333. The smallest absolute Gasteiger partial charge is 0.223 e. The second-order valence-electron chi connectivity index (χ2n) is 3.96. The Kier molecular flexibility index (Phi) is 3.52. The highest BCUT2D eigenvalue weighted by molar-refractivity contribution is 7.19. The summed E-state index contributed by atoms with van der Waals surface area (Å²) in [5, 5.41) is 0.281. The van der Waals surface area contributed by atoms with Gasteiger partial charge in [-0.25, -0.2) is 9.97 Å². The molecule has 94 valence electrons. The molecule has 1 aliphatic rings. The molecule has 0 unspecified atom stereocenters. The number of aromatic nitrogens is 2. The van der Waals surface area contributed by atoms with E-state index < -0.39 is 0 Å². The largest absolute Gasteiger partial charge is 0.377 e. The third kappa shape index (κ3) is 2.26. The van der Waals surface area contributed by atoms with Gasteiger partial charge in [-0.15, -0.1) is 22.9 Å². The lowest BCUT2D eigenvalue weighted by Gasteiger charge is -2.13. The van der Waals surface area contributed by atoms with Crippen LogP contribution in [0.4, 0.5) is 0 Å². The van der Waals surface area contributed by atoms with Crippen molar-refractivity contribution in [3.05, 3.63) is 28.0 Å². The Bertz CT molecular complexity index is 624. The molecule has 2 aromatic heterocycles. The van der Waals surface area contributed by atoms with E-state index >= 15 is 0 Å². The zero-order valence-electron chi connectivity index (χ0n) is 9.45. The second kappa shape index (κ2) is 5.13. The highest BCUT2D eigenvalue weighted by Crippen LogP contribution is 2.33. The van der Waals surface area contributed by atoms with Gasteiger partial charge in [-0.05, 0) is 29.7 Å². The summed E-state index contributed by atoms with van der Waals surface area (Å²) in [5.41, 5.74) is 2.98. The van der Waals surface area contributed by atoms with Gasteiger partial charge in [0.1, 0.15) is 0 Å². The molecule has 18 heavy (non-hydrogen) atoms. The zero-order valence-corrected chi connectivity index (χ0v) is 11.8. The van der Waals surface area contributed by atoms with Crippen molar-refractivity contribution < 1.29 is 4.74 Å². The van der Waals surface area contributed by atoms with Gasteiger partial charge >= 0.3 is 0 Å². The van der Waals surface area contributed by atoms with Crippen LogP contribution in [0.15, 0.2) is 12.1 Å². The Morgan fingerprint density at radius 3 is 3.00 bits per heavy atom. The minimum atomic E-state index is 0.281. The SMILES string of the molecule is ClCc1cc2nc(Cl)nc(C3=CCOCC3)c2s1. The van der Waals surface area contributed by atoms with E-state index in [2.05, 4.69) is 16.0 Å². The first-order valence-corrected chi connectivity index (χ1v) is 7.30. The van der Waals surface area contributed by atoms with Crippen molar-refractivity contribution in [1.82, 2.24) is 9.97 Å². The van der Waals surface area contributed by atoms with E-state index in [9.17, 15) is 0 Å². The third-order valence-corrected chi connectivity index (χ3v) is 4.54. The first-order chi connectivity index (χ1) is 8.78. The number of alkyl halides is 1. The number of ether oxygens (including phenoxy) is 1. The summed E-state index contributed by atoms with van der Waals surface area (Å²) in [4.78, 5) is 9.70. The van der Waals surface area contributed by atoms with E-state index in [1.807, 2.05) is 6.07 Å². The number of nitrogens with zero attached hydrogens (tertiary/aromatic N) is 2. The standard InChI is InChI=1S/C12H10Cl2N2OS/c13-6-8-5-9-11(18-8)10(16-12(14)15-9)7-1-3-17-4-2-7/h1,5H,2-4,6H2. The van der Waals surface area contributed by atoms with Crippen LogP contribution in [0.5, 0.6) is 0 Å². The van der Waals surface area contributed by atoms with Gasteiger partial charge in [-0.1, -0.05) is 6.08 Å². The normalized spacial score (nSPS) is 16.0. The molecule has 0 aromatic carbocycles. The van der Waals surface area contributed by atoms with Crippen molar-refractivity contribution in [3.63, 3.8) is 0 Å². The van der Waals surface area contributed by atoms with E-state index in [4.69, 9.17) is 27.9 Å². The molecular formula is C12H10Cl2N2OS. The van der Waals surface area contributed by atoms with Crippen LogP contribution in [-0.2, 0) is 10.6 Å². The molecule has 0 fully saturated rings. The number of thiophene rings is 1. The maximum absolute atomic E-state index is 5.99. The van der Waals surface area contributed by atoms with Crippen molar-refractivity contribution in [2.45, 2.75) is 12.3 Å². The van der Waals surface area contributed by atoms with Gasteiger partial charge in [0.15, 0.2) is 0 Å². The van der Waals surface area contributed by atoms with Crippen LogP contribution in [0.1, 0.15) is 17.0 Å². The first kappa shape index (κ1) is 12.4. The van der Waals surface area contributed by atoms with E-state index in [1.165, 1.54) is 5.57 Å². The lowest BCUT2D eigenvalue weighted by atomic mass is 10.1. The minimum Gasteiger partial charge on any atom is -0.377 e. The number of halogens is 2. The van der Waals surface area contributed by atoms with Gasteiger partial charge in [0, 0.05) is 4.88 Å². The third-order valence-electron chi connectivity index (χ3n) is 2.79. The number of hydrogen-bond acceptors (Lipinski definition) is 4. The van der Waals surface area contributed by atoms with Crippen LogP contribution in [0.25, 0.3) is 15.8 Å². The molecule has 0 amide bonds. The Morgan fingerprint density at radius 2 is 2.28 bits per heavy atom. The van der Waals surface area contributed by atoms with Gasteiger partial charge in [0.05, 0.1) is 35.0 Å². The first-order valence-electron chi connectivity index (χ1n) is 5.57. The summed E-state index contributed by atoms with van der Waals surface area (Å²) in [6.07, 6.45) is 2.91. The van der Waals surface area contributed by atoms with Crippen LogP contribution in [0, 0.1) is 0 Å². The molecule has 3 nitrogen and oxygen atoms in total. The summed E-state index contributed by atoms with van der Waals surface area (Å²) in [6, 6.07) is 1.98. The molecule has 0 radical (unpaired) electrons. The molecule has 3 rings (SSSR count). The average molecular weight is 301 g/mol. The Morgan fingerprint density at radius 1 is 1.39 bits per heavy atom. The Labute approximate surface area is 118 Å². The molecule has 0 aliphatic carbocycles. The van der Waals surface area contributed by atoms with Gasteiger partial charge in [-0.3, -0.25) is 0 Å². The van der Waals surface area contributed by atoms with Crippen molar-refractivity contribution in [3.8, 4) is 0 Å². The van der Waals surface area contributed by atoms with E-state index in [-0.39, 0.29) is 5.28 Å². The predicted octanol–water partition coefficient (Wildman–Crippen LogP) is 3.89. The fourth-order valence-corrected chi connectivity index (χ4v) is 3.36. The molecular weight excluding hydrogens is 291 g/mol. The summed E-state index contributed by atoms with van der Waals surface area (Å²) in [5.74, 6) is 0.486. The number of rotatable bonds is 2. The van der Waals surface area contributed by atoms with E-state index in [0.717, 1.165) is 33.8 Å². The number of fused-ring (bicyclic) bond motifs is 1. The van der Waals surface area contributed by atoms with Crippen LogP contribution in [-0.4, -0.2) is 23.2 Å². The molecule has 0 saturated heterocycles. The maximum Gasteiger partial charge on any atom is 0.223 e. The van der Waals surface area contributed by atoms with Crippen molar-refractivity contribution in [2.75, 3.05) is 13.2 Å². The lowest BCUT2D eigenvalue weighted by molar-refractivity contribution is 0.161. The predicted molar refractivity (Wildman–Crippen MR) is 75.4 cm³/mol. The quantitative estimate of drug-likeness (QED) is 0.623. The zero-order chi connectivity index (χ0) is 12.5. The summed E-state index contributed by atoms with van der Waals surface area (Å²) < 4.78 is 6.38. The summed E-state index contributed by atoms with van der Waals surface area (Å²) >= 11 is 13.5. The van der Waals surface area contributed by atoms with E-state index in [1.54, 1.807) is 11.3 Å². The minimum absolute atomic E-state index is 0.281. The molecule has 2 aromatic rings. The summed E-state index contributed by atoms with van der Waals surface area (Å²) in [6.45, 7) is 1.36. The van der Waals surface area contributed by atoms with Crippen LogP contribution in [0.3, 0.4) is 0 Å². The molecule has 6 heteroatoms. The highest BCUT2D eigenvalue weighted by atomic mass is 35.5. The fourth-order valence-electron chi connectivity index (χ4n) is 1.98. The number of hydrogen-bond donors (Lipinski definition) is 0. The van der Waals surface area contributed by atoms with Gasteiger partial charge in [0.25, 0.3) is 0 Å². The Hall–Kier alpha value is -0.680. The molecule has 0 N–H and O–H groups in total. The van der Waals surface area contributed by atoms with Crippen molar-refractivity contribution >= 4 is 50.3 Å². The van der Waals surface area contributed by atoms with Crippen LogP contribution < -0.4 is 0 Å². The van der Waals surface area contributed by atoms with Gasteiger partial charge in [0.2, 0.25) is 5.28 Å². The van der Waals surface area contributed by atoms with E-state index in [0.29, 0.717) is 12.5 Å². The van der Waals surface area contributed by atoms with Crippen LogP contribution >= 0.6 is 34.5 Å². The van der Waals surface area contributed by atoms with Gasteiger partial charge < -0.3 is 4.74 Å². The molecule has 0 spiro atoms. The molecule has 0 bridgehead atoms. The Balaban J connectivity index is 2.20. The lowest BCUT2D eigenvalue weighted by Crippen LogP contribution is -2.05. The molecule has 0 saturated carbocycles. The second-order valence-corrected chi connectivity index (χ2v) is 5.70. The van der Waals surface area contributed by atoms with Crippen molar-refractivity contribution in [2.24, 2.45) is 0 Å². The average Bonchev–Trinajstić information content (AvgIpc) is 2.81. The highest BCUT2D eigenvalue weighted by Gasteiger charge is 2.16. The maximum atomic E-state index is 5.99. The summed E-state index contributed by atoms with van der Waals surface area (Å²) in [7, 11) is 0. The van der Waals surface area contributed by atoms with Crippen LogP contribution in [0.2, 0.25) is 5.28 Å². The van der Waals surface area contributed by atoms with Gasteiger partial charge in [-0.2, -0.15) is 0 Å². The van der Waals surface area contributed by atoms with Crippen molar-refractivity contribution in [1.29, 1.82) is 0 Å². The monoisotopic (exact) mass is 300 g/mol. The topological polar surface area (TPSA) is 35.0 Å². The molecule has 3 heterocycles.